The smallest absolute Gasteiger partial charge is 0.354 e. The van der Waals surface area contributed by atoms with Crippen molar-refractivity contribution in [1.29, 1.82) is 0 Å². The van der Waals surface area contributed by atoms with Crippen LogP contribution in [-0.4, -0.2) is 83.7 Å². The van der Waals surface area contributed by atoms with Crippen LogP contribution in [0.4, 0.5) is 10.6 Å². The molecule has 11 nitrogen and oxygen atoms in total. The van der Waals surface area contributed by atoms with Crippen LogP contribution in [0.2, 0.25) is 0 Å². The number of nitrogens with one attached hydrogen (secondary N) is 2. The molecular formula is C25H37N7O4. The molecule has 2 aromatic rings. The molecule has 2 heterocycles. The summed E-state index contributed by atoms with van der Waals surface area (Å²) >= 11 is 0. The van der Waals surface area contributed by atoms with E-state index in [0.717, 1.165) is 44.8 Å². The van der Waals surface area contributed by atoms with Crippen molar-refractivity contribution in [2.45, 2.75) is 32.8 Å². The lowest BCUT2D eigenvalue weighted by Crippen LogP contribution is -2.40. The normalized spacial score (nSPS) is 16.4. The largest absolute Gasteiger partial charge is 0.489 e. The molecule has 0 saturated carbocycles. The lowest BCUT2D eigenvalue weighted by atomic mass is 10.1. The van der Waals surface area contributed by atoms with Crippen molar-refractivity contribution in [2.75, 3.05) is 51.1 Å². The molecule has 1 fully saturated rings. The molecule has 1 unspecified atom stereocenters. The Morgan fingerprint density at radius 2 is 2.08 bits per heavy atom. The Hall–Kier alpha value is -3.44. The molecule has 0 aliphatic carbocycles. The lowest BCUT2D eigenvalue weighted by Gasteiger charge is -2.22. The van der Waals surface area contributed by atoms with Gasteiger partial charge >= 0.3 is 11.7 Å². The molecule has 196 valence electrons. The van der Waals surface area contributed by atoms with Gasteiger partial charge in [0.1, 0.15) is 17.7 Å². The van der Waals surface area contributed by atoms with Gasteiger partial charge in [0.05, 0.1) is 5.69 Å². The average Bonchev–Trinajstić information content (AvgIpc) is 3.31. The first-order valence-corrected chi connectivity index (χ1v) is 12.5. The van der Waals surface area contributed by atoms with Gasteiger partial charge in [-0.05, 0) is 69.1 Å². The number of likely N-dealkylation sites (tertiary alicyclic amines) is 1. The number of hydrogen-bond acceptors (Lipinski definition) is 7. The predicted octanol–water partition coefficient (Wildman–Crippen LogP) is 1.27. The standard InChI is InChI=1S/C25H37N7O4/c1-3-11-31(14-10-27-18-33)24(34)28-23-9-13-32(25(35)29-23)21-4-6-22(7-5-21)36-19(2)16-30-12-8-20(15-26)17-30/h4-7,9,13,18-20H,3,8,10-12,14-17,26H2,1-2H3,(H,27,33)(H,28,29,34,35)/t19?,20-/m0/s1. The van der Waals surface area contributed by atoms with Crippen LogP contribution >= 0.6 is 0 Å². The topological polar surface area (TPSA) is 135 Å². The maximum absolute atomic E-state index is 12.6. The van der Waals surface area contributed by atoms with Gasteiger partial charge in [-0.15, -0.1) is 0 Å². The number of amides is 3. The van der Waals surface area contributed by atoms with Gasteiger partial charge < -0.3 is 20.7 Å². The van der Waals surface area contributed by atoms with Crippen molar-refractivity contribution in [1.82, 2.24) is 24.7 Å². The molecule has 1 aromatic heterocycles. The van der Waals surface area contributed by atoms with Gasteiger partial charge in [-0.1, -0.05) is 6.92 Å². The zero-order valence-corrected chi connectivity index (χ0v) is 21.1. The van der Waals surface area contributed by atoms with Crippen molar-refractivity contribution in [2.24, 2.45) is 11.7 Å². The molecule has 4 N–H and O–H groups in total. The number of benzene rings is 1. The quantitative estimate of drug-likeness (QED) is 0.279. The zero-order chi connectivity index (χ0) is 25.9. The van der Waals surface area contributed by atoms with E-state index < -0.39 is 5.69 Å². The molecule has 0 bridgehead atoms. The number of ether oxygens (including phenoxy) is 1. The maximum atomic E-state index is 12.6. The second-order valence-electron chi connectivity index (χ2n) is 9.03. The second-order valence-corrected chi connectivity index (χ2v) is 9.03. The fourth-order valence-electron chi connectivity index (χ4n) is 4.29. The third-order valence-electron chi connectivity index (χ3n) is 6.10. The van der Waals surface area contributed by atoms with Crippen LogP contribution in [0.3, 0.4) is 0 Å². The van der Waals surface area contributed by atoms with Gasteiger partial charge in [-0.2, -0.15) is 4.98 Å². The number of hydrogen-bond donors (Lipinski definition) is 3. The van der Waals surface area contributed by atoms with Crippen molar-refractivity contribution >= 4 is 18.3 Å². The van der Waals surface area contributed by atoms with Gasteiger partial charge in [-0.3, -0.25) is 19.6 Å². The van der Waals surface area contributed by atoms with E-state index in [-0.39, 0.29) is 18.0 Å². The number of rotatable bonds is 13. The minimum Gasteiger partial charge on any atom is -0.489 e. The number of nitrogens with zero attached hydrogens (tertiary/aromatic N) is 4. The van der Waals surface area contributed by atoms with Crippen molar-refractivity contribution < 1.29 is 14.3 Å². The monoisotopic (exact) mass is 499 g/mol. The summed E-state index contributed by atoms with van der Waals surface area (Å²) in [6.07, 6.45) is 4.09. The first-order chi connectivity index (χ1) is 17.4. The van der Waals surface area contributed by atoms with Gasteiger partial charge in [0.15, 0.2) is 0 Å². The molecule has 36 heavy (non-hydrogen) atoms. The Kier molecular flexibility index (Phi) is 10.3. The van der Waals surface area contributed by atoms with Gasteiger partial charge in [-0.25, -0.2) is 9.59 Å². The summed E-state index contributed by atoms with van der Waals surface area (Å²) in [6.45, 7) is 8.86. The van der Waals surface area contributed by atoms with Crippen LogP contribution in [0.1, 0.15) is 26.7 Å². The first-order valence-electron chi connectivity index (χ1n) is 12.5. The van der Waals surface area contributed by atoms with Gasteiger partial charge in [0.2, 0.25) is 6.41 Å². The lowest BCUT2D eigenvalue weighted by molar-refractivity contribution is -0.109. The molecule has 1 aliphatic heterocycles. The van der Waals surface area contributed by atoms with Crippen LogP contribution in [0.25, 0.3) is 5.69 Å². The molecule has 1 aliphatic rings. The summed E-state index contributed by atoms with van der Waals surface area (Å²) in [4.78, 5) is 43.6. The Balaban J connectivity index is 1.57. The number of urea groups is 1. The van der Waals surface area contributed by atoms with Crippen molar-refractivity contribution in [3.8, 4) is 11.4 Å². The van der Waals surface area contributed by atoms with Crippen LogP contribution in [0.5, 0.6) is 5.75 Å². The molecule has 0 radical (unpaired) electrons. The van der Waals surface area contributed by atoms with Gasteiger partial charge in [0, 0.05) is 38.9 Å². The van der Waals surface area contributed by atoms with E-state index in [0.29, 0.717) is 37.6 Å². The van der Waals surface area contributed by atoms with E-state index in [2.05, 4.69) is 20.5 Å². The van der Waals surface area contributed by atoms with E-state index in [1.807, 2.05) is 26.0 Å². The van der Waals surface area contributed by atoms with E-state index in [1.54, 1.807) is 29.3 Å². The highest BCUT2D eigenvalue weighted by molar-refractivity contribution is 5.88. The van der Waals surface area contributed by atoms with Crippen molar-refractivity contribution in [3.05, 3.63) is 47.0 Å². The molecule has 1 aromatic carbocycles. The predicted molar refractivity (Wildman–Crippen MR) is 138 cm³/mol. The summed E-state index contributed by atoms with van der Waals surface area (Å²) in [7, 11) is 0. The summed E-state index contributed by atoms with van der Waals surface area (Å²) < 4.78 is 7.46. The van der Waals surface area contributed by atoms with Crippen LogP contribution in [0.15, 0.2) is 41.3 Å². The van der Waals surface area contributed by atoms with E-state index in [9.17, 15) is 14.4 Å². The number of carbonyl (C=O) groups is 2. The number of nitrogens with two attached hydrogens (primary N) is 1. The van der Waals surface area contributed by atoms with Crippen LogP contribution < -0.4 is 26.8 Å². The van der Waals surface area contributed by atoms with Crippen LogP contribution in [-0.2, 0) is 4.79 Å². The highest BCUT2D eigenvalue weighted by Crippen LogP contribution is 2.19. The number of carbonyl (C=O) groups excluding carboxylic acids is 2. The molecule has 1 saturated heterocycles. The summed E-state index contributed by atoms with van der Waals surface area (Å²) in [5.41, 5.74) is 5.91. The Morgan fingerprint density at radius 3 is 2.72 bits per heavy atom. The van der Waals surface area contributed by atoms with E-state index in [4.69, 9.17) is 10.5 Å². The molecule has 11 heteroatoms. The molecular weight excluding hydrogens is 462 g/mol. The highest BCUT2D eigenvalue weighted by Gasteiger charge is 2.23. The van der Waals surface area contributed by atoms with E-state index in [1.165, 1.54) is 4.57 Å². The SMILES string of the molecule is CCCN(CCNC=O)C(=O)Nc1ccn(-c2ccc(OC(C)CN3CC[C@@H](CN)C3)cc2)c(=O)n1. The average molecular weight is 500 g/mol. The number of aromatic nitrogens is 2. The summed E-state index contributed by atoms with van der Waals surface area (Å²) in [5, 5.41) is 5.19. The fraction of sp³-hybridized carbons (Fsp3) is 0.520. The Labute approximate surface area is 211 Å². The molecule has 3 amide bonds. The molecule has 3 rings (SSSR count). The minimum absolute atomic E-state index is 0.0288. The maximum Gasteiger partial charge on any atom is 0.354 e. The first kappa shape index (κ1) is 27.2. The molecule has 2 atom stereocenters. The minimum atomic E-state index is -0.511. The summed E-state index contributed by atoms with van der Waals surface area (Å²) in [5.74, 6) is 1.47. The third kappa shape index (κ3) is 7.79. The van der Waals surface area contributed by atoms with Crippen LogP contribution in [0, 0.1) is 5.92 Å². The fourth-order valence-corrected chi connectivity index (χ4v) is 4.29. The van der Waals surface area contributed by atoms with Gasteiger partial charge in [0.25, 0.3) is 0 Å². The third-order valence-corrected chi connectivity index (χ3v) is 6.10. The molecule has 0 spiro atoms. The Bertz CT molecular complexity index is 1040. The zero-order valence-electron chi connectivity index (χ0n) is 21.1. The number of anilines is 1. The van der Waals surface area contributed by atoms with Crippen molar-refractivity contribution in [3.63, 3.8) is 0 Å². The summed E-state index contributed by atoms with van der Waals surface area (Å²) in [6, 6.07) is 8.45. The second kappa shape index (κ2) is 13.6. The Morgan fingerprint density at radius 1 is 1.31 bits per heavy atom. The van der Waals surface area contributed by atoms with E-state index >= 15 is 0 Å². The highest BCUT2D eigenvalue weighted by atomic mass is 16.5.